The lowest BCUT2D eigenvalue weighted by Crippen LogP contribution is -2.02. The average molecular weight is 344 g/mol. The number of anilines is 1. The number of aryl methyl sites for hydroxylation is 1. The van der Waals surface area contributed by atoms with Gasteiger partial charge in [-0.15, -0.1) is 0 Å². The number of nitrogen functional groups attached to an aromatic ring is 1. The van der Waals surface area contributed by atoms with E-state index >= 15 is 0 Å². The molecule has 0 aliphatic rings. The third-order valence-corrected chi connectivity index (χ3v) is 3.75. The van der Waals surface area contributed by atoms with Gasteiger partial charge in [0.15, 0.2) is 11.6 Å². The molecule has 0 atom stereocenters. The number of nitrogens with two attached hydrogens (primary N) is 1. The Morgan fingerprint density at radius 2 is 1.77 bits per heavy atom. The third kappa shape index (κ3) is 4.17. The van der Waals surface area contributed by atoms with Crippen LogP contribution in [0, 0.1) is 18.8 Å². The number of ether oxygens (including phenoxy) is 1. The summed E-state index contributed by atoms with van der Waals surface area (Å²) in [6.45, 7) is 5.94. The van der Waals surface area contributed by atoms with Crippen LogP contribution in [-0.4, -0.2) is 15.0 Å². The molecule has 0 saturated carbocycles. The van der Waals surface area contributed by atoms with E-state index in [0.29, 0.717) is 28.8 Å². The van der Waals surface area contributed by atoms with Crippen LogP contribution < -0.4 is 10.5 Å². The van der Waals surface area contributed by atoms with Gasteiger partial charge < -0.3 is 10.5 Å². The van der Waals surface area contributed by atoms with Crippen molar-refractivity contribution >= 4 is 5.82 Å². The van der Waals surface area contributed by atoms with Gasteiger partial charge in [-0.3, -0.25) is 0 Å². The molecular formula is C21H20N4O. The van der Waals surface area contributed by atoms with E-state index in [1.54, 1.807) is 19.3 Å². The Morgan fingerprint density at radius 3 is 2.46 bits per heavy atom. The summed E-state index contributed by atoms with van der Waals surface area (Å²) in [5.74, 6) is 8.40. The van der Waals surface area contributed by atoms with Crippen LogP contribution in [0.5, 0.6) is 11.5 Å². The first-order valence-electron chi connectivity index (χ1n) is 8.37. The molecule has 130 valence electrons. The predicted molar refractivity (Wildman–Crippen MR) is 102 cm³/mol. The summed E-state index contributed by atoms with van der Waals surface area (Å²) in [7, 11) is 0. The van der Waals surface area contributed by atoms with Crippen molar-refractivity contribution in [2.24, 2.45) is 0 Å². The van der Waals surface area contributed by atoms with Crippen LogP contribution in [0.2, 0.25) is 0 Å². The van der Waals surface area contributed by atoms with Crippen LogP contribution in [0.25, 0.3) is 0 Å². The zero-order valence-electron chi connectivity index (χ0n) is 15.0. The normalized spacial score (nSPS) is 10.3. The fraction of sp³-hybridized carbons (Fsp3) is 0.190. The molecule has 0 fully saturated rings. The van der Waals surface area contributed by atoms with Gasteiger partial charge in [0.2, 0.25) is 0 Å². The smallest absolute Gasteiger partial charge is 0.187 e. The Morgan fingerprint density at radius 1 is 1.00 bits per heavy atom. The number of pyridine rings is 1. The highest BCUT2D eigenvalue weighted by atomic mass is 16.5. The van der Waals surface area contributed by atoms with Crippen LogP contribution >= 0.6 is 0 Å². The summed E-state index contributed by atoms with van der Waals surface area (Å²) < 4.78 is 5.99. The number of aromatic nitrogens is 3. The molecule has 5 nitrogen and oxygen atoms in total. The molecule has 0 aliphatic heterocycles. The van der Waals surface area contributed by atoms with Gasteiger partial charge in [0.1, 0.15) is 17.3 Å². The van der Waals surface area contributed by atoms with Gasteiger partial charge in [-0.05, 0) is 30.9 Å². The van der Waals surface area contributed by atoms with Crippen molar-refractivity contribution in [1.82, 2.24) is 15.0 Å². The maximum atomic E-state index is 5.99. The van der Waals surface area contributed by atoms with Crippen LogP contribution in [-0.2, 0) is 0 Å². The molecule has 5 heteroatoms. The summed E-state index contributed by atoms with van der Waals surface area (Å²) in [6.07, 6.45) is 3.37. The second kappa shape index (κ2) is 7.66. The summed E-state index contributed by atoms with van der Waals surface area (Å²) in [4.78, 5) is 12.7. The summed E-state index contributed by atoms with van der Waals surface area (Å²) in [5.41, 5.74) is 8.47. The topological polar surface area (TPSA) is 73.9 Å². The van der Waals surface area contributed by atoms with E-state index in [1.807, 2.05) is 36.4 Å². The zero-order chi connectivity index (χ0) is 18.5. The van der Waals surface area contributed by atoms with Crippen LogP contribution in [0.4, 0.5) is 5.82 Å². The van der Waals surface area contributed by atoms with Crippen molar-refractivity contribution < 1.29 is 4.74 Å². The molecule has 0 saturated heterocycles. The zero-order valence-corrected chi connectivity index (χ0v) is 15.0. The number of hydrogen-bond donors (Lipinski definition) is 1. The lowest BCUT2D eigenvalue weighted by atomic mass is 10.0. The SMILES string of the molecule is Cc1ncc(Oc2cc(C#Cc3ccccc3)ncc2C(C)C)c(N)n1. The van der Waals surface area contributed by atoms with Gasteiger partial charge in [-0.25, -0.2) is 15.0 Å². The molecule has 2 aromatic heterocycles. The molecule has 0 spiro atoms. The van der Waals surface area contributed by atoms with Crippen molar-refractivity contribution in [3.63, 3.8) is 0 Å². The fourth-order valence-corrected chi connectivity index (χ4v) is 2.37. The van der Waals surface area contributed by atoms with Crippen molar-refractivity contribution in [1.29, 1.82) is 0 Å². The van der Waals surface area contributed by atoms with Crippen molar-refractivity contribution in [3.05, 3.63) is 71.4 Å². The van der Waals surface area contributed by atoms with Crippen LogP contribution in [0.15, 0.2) is 48.8 Å². The van der Waals surface area contributed by atoms with E-state index in [2.05, 4.69) is 40.6 Å². The van der Waals surface area contributed by atoms with Crippen LogP contribution in [0.1, 0.15) is 42.4 Å². The quantitative estimate of drug-likeness (QED) is 0.725. The Kier molecular flexibility index (Phi) is 5.14. The Labute approximate surface area is 153 Å². The lowest BCUT2D eigenvalue weighted by Gasteiger charge is -2.14. The van der Waals surface area contributed by atoms with Gasteiger partial charge >= 0.3 is 0 Å². The van der Waals surface area contributed by atoms with Crippen molar-refractivity contribution in [3.8, 4) is 23.3 Å². The molecule has 0 unspecified atom stereocenters. The molecule has 26 heavy (non-hydrogen) atoms. The molecule has 2 heterocycles. The molecule has 0 amide bonds. The molecular weight excluding hydrogens is 324 g/mol. The number of hydrogen-bond acceptors (Lipinski definition) is 5. The summed E-state index contributed by atoms with van der Waals surface area (Å²) in [6, 6.07) is 11.6. The predicted octanol–water partition coefficient (Wildman–Crippen LogP) is 4.08. The monoisotopic (exact) mass is 344 g/mol. The van der Waals surface area contributed by atoms with E-state index in [4.69, 9.17) is 10.5 Å². The largest absolute Gasteiger partial charge is 0.451 e. The van der Waals surface area contributed by atoms with E-state index in [1.165, 1.54) is 0 Å². The third-order valence-electron chi connectivity index (χ3n) is 3.75. The van der Waals surface area contributed by atoms with Crippen molar-refractivity contribution in [2.45, 2.75) is 26.7 Å². The molecule has 3 rings (SSSR count). The first-order chi connectivity index (χ1) is 12.5. The minimum atomic E-state index is 0.237. The molecule has 2 N–H and O–H groups in total. The Hall–Kier alpha value is -3.39. The second-order valence-electron chi connectivity index (χ2n) is 6.15. The summed E-state index contributed by atoms with van der Waals surface area (Å²) >= 11 is 0. The first-order valence-corrected chi connectivity index (χ1v) is 8.37. The van der Waals surface area contributed by atoms with Crippen LogP contribution in [0.3, 0.4) is 0 Å². The van der Waals surface area contributed by atoms with Gasteiger partial charge in [-0.2, -0.15) is 0 Å². The Bertz CT molecular complexity index is 972. The van der Waals surface area contributed by atoms with E-state index < -0.39 is 0 Å². The molecule has 0 aliphatic carbocycles. The molecule has 0 bridgehead atoms. The highest BCUT2D eigenvalue weighted by Gasteiger charge is 2.13. The average Bonchev–Trinajstić information content (AvgIpc) is 2.63. The van der Waals surface area contributed by atoms with E-state index in [0.717, 1.165) is 11.1 Å². The van der Waals surface area contributed by atoms with E-state index in [9.17, 15) is 0 Å². The minimum absolute atomic E-state index is 0.237. The number of rotatable bonds is 3. The van der Waals surface area contributed by atoms with Gasteiger partial charge in [0.25, 0.3) is 0 Å². The first kappa shape index (κ1) is 17.4. The standard InChI is InChI=1S/C21H20N4O/c1-14(2)18-12-24-17(10-9-16-7-5-4-6-8-16)11-19(18)26-20-13-23-15(3)25-21(20)22/h4-8,11-14H,1-3H3,(H2,22,23,25). The maximum absolute atomic E-state index is 5.99. The minimum Gasteiger partial charge on any atom is -0.451 e. The Balaban J connectivity index is 1.96. The fourth-order valence-electron chi connectivity index (χ4n) is 2.37. The second-order valence-corrected chi connectivity index (χ2v) is 6.15. The number of benzene rings is 1. The van der Waals surface area contributed by atoms with E-state index in [-0.39, 0.29) is 5.92 Å². The molecule has 0 radical (unpaired) electrons. The lowest BCUT2D eigenvalue weighted by molar-refractivity contribution is 0.469. The highest BCUT2D eigenvalue weighted by Crippen LogP contribution is 2.32. The molecule has 3 aromatic rings. The number of nitrogens with zero attached hydrogens (tertiary/aromatic N) is 3. The van der Waals surface area contributed by atoms with Crippen molar-refractivity contribution in [2.75, 3.05) is 5.73 Å². The molecule has 1 aromatic carbocycles. The summed E-state index contributed by atoms with van der Waals surface area (Å²) in [5, 5.41) is 0. The van der Waals surface area contributed by atoms with Gasteiger partial charge in [0, 0.05) is 23.4 Å². The maximum Gasteiger partial charge on any atom is 0.187 e. The van der Waals surface area contributed by atoms with Gasteiger partial charge in [0.05, 0.1) is 6.20 Å². The highest BCUT2D eigenvalue weighted by molar-refractivity contribution is 5.50. The van der Waals surface area contributed by atoms with Gasteiger partial charge in [-0.1, -0.05) is 38.0 Å².